The summed E-state index contributed by atoms with van der Waals surface area (Å²) in [5.74, 6) is -0.191. The number of para-hydroxylation sites is 1. The number of carbonyl (C=O) groups is 2. The molecule has 1 saturated heterocycles. The number of benzene rings is 3. The molecule has 5 nitrogen and oxygen atoms in total. The highest BCUT2D eigenvalue weighted by atomic mass is 35.5. The molecule has 2 aliphatic heterocycles. The lowest BCUT2D eigenvalue weighted by atomic mass is 9.89. The van der Waals surface area contributed by atoms with E-state index in [1.807, 2.05) is 73.7 Å². The summed E-state index contributed by atoms with van der Waals surface area (Å²) in [7, 11) is 0. The van der Waals surface area contributed by atoms with Crippen molar-refractivity contribution in [2.45, 2.75) is 25.4 Å². The summed E-state index contributed by atoms with van der Waals surface area (Å²) in [6.45, 7) is 1.95. The number of nitrogens with zero attached hydrogens (tertiary/aromatic N) is 2. The van der Waals surface area contributed by atoms with E-state index in [1.165, 1.54) is 4.90 Å². The molecule has 6 rings (SSSR count). The van der Waals surface area contributed by atoms with Crippen LogP contribution in [0.25, 0.3) is 10.9 Å². The standard InChI is InChI=1S/C26H20ClN3O2/c1-15-6-4-9-18(12-15)29-25(31)22-14-20-19-10-2-3-11-21(19)28-23(20)24(30(22)26(29)32)16-7-5-8-17(27)13-16/h2-13,22,24,28H,14H2,1H3. The zero-order chi connectivity index (χ0) is 22.0. The van der Waals surface area contributed by atoms with Crippen LogP contribution >= 0.6 is 11.6 Å². The number of aromatic amines is 1. The molecule has 2 atom stereocenters. The molecule has 2 unspecified atom stereocenters. The van der Waals surface area contributed by atoms with Crippen LogP contribution in [0.15, 0.2) is 72.8 Å². The molecule has 3 heterocycles. The number of amides is 3. The van der Waals surface area contributed by atoms with Gasteiger partial charge in [0.05, 0.1) is 5.69 Å². The van der Waals surface area contributed by atoms with Gasteiger partial charge in [0, 0.05) is 28.0 Å². The third-order valence-corrected chi connectivity index (χ3v) is 6.71. The van der Waals surface area contributed by atoms with Crippen molar-refractivity contribution in [3.63, 3.8) is 0 Å². The van der Waals surface area contributed by atoms with Crippen molar-refractivity contribution in [2.24, 2.45) is 0 Å². The van der Waals surface area contributed by atoms with Gasteiger partial charge in [0.2, 0.25) is 0 Å². The van der Waals surface area contributed by atoms with Gasteiger partial charge >= 0.3 is 6.03 Å². The highest BCUT2D eigenvalue weighted by Crippen LogP contribution is 2.45. The molecule has 3 aromatic carbocycles. The Morgan fingerprint density at radius 1 is 0.969 bits per heavy atom. The number of imide groups is 1. The molecule has 0 bridgehead atoms. The van der Waals surface area contributed by atoms with Crippen LogP contribution in [0.3, 0.4) is 0 Å². The third kappa shape index (κ3) is 2.71. The lowest BCUT2D eigenvalue weighted by molar-refractivity contribution is -0.120. The number of aromatic nitrogens is 1. The maximum atomic E-state index is 13.7. The maximum absolute atomic E-state index is 13.7. The van der Waals surface area contributed by atoms with Crippen LogP contribution in [0.1, 0.15) is 28.4 Å². The molecule has 158 valence electrons. The van der Waals surface area contributed by atoms with Gasteiger partial charge in [0.15, 0.2) is 0 Å². The number of nitrogens with one attached hydrogen (secondary N) is 1. The SMILES string of the molecule is Cc1cccc(N2C(=O)C3Cc4c([nH]c5ccccc45)C(c4cccc(Cl)c4)N3C2=O)c1. The van der Waals surface area contributed by atoms with Crippen molar-refractivity contribution in [3.8, 4) is 0 Å². The van der Waals surface area contributed by atoms with Crippen molar-refractivity contribution in [3.05, 3.63) is 100 Å². The quantitative estimate of drug-likeness (QED) is 0.411. The van der Waals surface area contributed by atoms with Gasteiger partial charge in [-0.1, -0.05) is 54.1 Å². The number of fused-ring (bicyclic) bond motifs is 4. The van der Waals surface area contributed by atoms with Crippen LogP contribution in [0.5, 0.6) is 0 Å². The van der Waals surface area contributed by atoms with E-state index in [-0.39, 0.29) is 11.9 Å². The highest BCUT2D eigenvalue weighted by Gasteiger charge is 2.53. The average Bonchev–Trinajstić information content (AvgIpc) is 3.27. The van der Waals surface area contributed by atoms with Crippen LogP contribution < -0.4 is 4.90 Å². The summed E-state index contributed by atoms with van der Waals surface area (Å²) in [5.41, 5.74) is 5.50. The first-order valence-electron chi connectivity index (χ1n) is 10.6. The second-order valence-corrected chi connectivity index (χ2v) is 8.88. The Balaban J connectivity index is 1.56. The summed E-state index contributed by atoms with van der Waals surface area (Å²) < 4.78 is 0. The van der Waals surface area contributed by atoms with E-state index < -0.39 is 12.1 Å². The molecule has 32 heavy (non-hydrogen) atoms. The van der Waals surface area contributed by atoms with E-state index in [2.05, 4.69) is 11.1 Å². The van der Waals surface area contributed by atoms with Crippen molar-refractivity contribution in [1.29, 1.82) is 0 Å². The molecular formula is C26H20ClN3O2. The first kappa shape index (κ1) is 19.1. The third-order valence-electron chi connectivity index (χ3n) is 6.47. The van der Waals surface area contributed by atoms with Gasteiger partial charge in [-0.25, -0.2) is 9.69 Å². The van der Waals surface area contributed by atoms with Gasteiger partial charge in [-0.2, -0.15) is 0 Å². The largest absolute Gasteiger partial charge is 0.356 e. The summed E-state index contributed by atoms with van der Waals surface area (Å²) in [6.07, 6.45) is 0.475. The normalized spacial score (nSPS) is 20.1. The zero-order valence-corrected chi connectivity index (χ0v) is 18.1. The number of urea groups is 1. The van der Waals surface area contributed by atoms with Crippen LogP contribution in [0.2, 0.25) is 5.02 Å². The van der Waals surface area contributed by atoms with E-state index in [1.54, 1.807) is 4.90 Å². The van der Waals surface area contributed by atoms with Crippen LogP contribution in [0.4, 0.5) is 10.5 Å². The fourth-order valence-corrected chi connectivity index (χ4v) is 5.30. The fraction of sp³-hybridized carbons (Fsp3) is 0.154. The Morgan fingerprint density at radius 3 is 2.59 bits per heavy atom. The zero-order valence-electron chi connectivity index (χ0n) is 17.4. The minimum absolute atomic E-state index is 0.191. The van der Waals surface area contributed by atoms with Gasteiger partial charge in [0.25, 0.3) is 5.91 Å². The average molecular weight is 442 g/mol. The molecule has 1 fully saturated rings. The number of halogens is 1. The lowest BCUT2D eigenvalue weighted by Crippen LogP contribution is -2.44. The van der Waals surface area contributed by atoms with Gasteiger partial charge < -0.3 is 4.98 Å². The minimum atomic E-state index is -0.571. The second-order valence-electron chi connectivity index (χ2n) is 8.44. The Kier molecular flexibility index (Phi) is 4.17. The number of hydrogen-bond donors (Lipinski definition) is 1. The predicted octanol–water partition coefficient (Wildman–Crippen LogP) is 5.61. The Bertz CT molecular complexity index is 1410. The molecule has 0 radical (unpaired) electrons. The number of H-pyrrole nitrogens is 1. The molecule has 0 aliphatic carbocycles. The van der Waals surface area contributed by atoms with E-state index in [0.717, 1.165) is 33.3 Å². The molecule has 1 aromatic heterocycles. The van der Waals surface area contributed by atoms with Crippen molar-refractivity contribution >= 4 is 40.1 Å². The molecule has 0 saturated carbocycles. The number of hydrogen-bond acceptors (Lipinski definition) is 2. The molecule has 3 amide bonds. The minimum Gasteiger partial charge on any atom is -0.356 e. The van der Waals surface area contributed by atoms with Crippen molar-refractivity contribution < 1.29 is 9.59 Å². The van der Waals surface area contributed by atoms with Crippen molar-refractivity contribution in [2.75, 3.05) is 4.90 Å². The van der Waals surface area contributed by atoms with E-state index in [9.17, 15) is 9.59 Å². The van der Waals surface area contributed by atoms with E-state index in [4.69, 9.17) is 11.6 Å². The summed E-state index contributed by atoms with van der Waals surface area (Å²) >= 11 is 6.33. The first-order valence-corrected chi connectivity index (χ1v) is 11.0. The molecule has 0 spiro atoms. The molecular weight excluding hydrogens is 422 g/mol. The van der Waals surface area contributed by atoms with Crippen LogP contribution in [-0.4, -0.2) is 27.9 Å². The fourth-order valence-electron chi connectivity index (χ4n) is 5.10. The van der Waals surface area contributed by atoms with Crippen LogP contribution in [0, 0.1) is 6.92 Å². The number of rotatable bonds is 2. The molecule has 1 N–H and O–H groups in total. The van der Waals surface area contributed by atoms with Gasteiger partial charge in [-0.15, -0.1) is 0 Å². The second kappa shape index (κ2) is 6.97. The highest BCUT2D eigenvalue weighted by molar-refractivity contribution is 6.30. The first-order chi connectivity index (χ1) is 15.5. The van der Waals surface area contributed by atoms with E-state index >= 15 is 0 Å². The lowest BCUT2D eigenvalue weighted by Gasteiger charge is -2.36. The van der Waals surface area contributed by atoms with Gasteiger partial charge in [0.1, 0.15) is 12.1 Å². The number of aryl methyl sites for hydroxylation is 1. The Labute approximate surface area is 190 Å². The topological polar surface area (TPSA) is 56.4 Å². The van der Waals surface area contributed by atoms with Gasteiger partial charge in [-0.3, -0.25) is 9.69 Å². The monoisotopic (exact) mass is 441 g/mol. The summed E-state index contributed by atoms with van der Waals surface area (Å²) in [6, 6.07) is 21.8. The summed E-state index contributed by atoms with van der Waals surface area (Å²) in [4.78, 5) is 33.9. The van der Waals surface area contributed by atoms with Crippen LogP contribution in [-0.2, 0) is 11.2 Å². The van der Waals surface area contributed by atoms with E-state index in [0.29, 0.717) is 17.1 Å². The molecule has 2 aliphatic rings. The Morgan fingerprint density at radius 2 is 1.78 bits per heavy atom. The maximum Gasteiger partial charge on any atom is 0.332 e. The smallest absolute Gasteiger partial charge is 0.332 e. The van der Waals surface area contributed by atoms with Gasteiger partial charge in [-0.05, 0) is 53.9 Å². The number of carbonyl (C=O) groups excluding carboxylic acids is 2. The predicted molar refractivity (Wildman–Crippen MR) is 125 cm³/mol. The molecule has 4 aromatic rings. The molecule has 6 heteroatoms. The number of anilines is 1. The summed E-state index contributed by atoms with van der Waals surface area (Å²) in [5, 5.41) is 1.68. The Hall–Kier alpha value is -3.57. The van der Waals surface area contributed by atoms with Crippen molar-refractivity contribution in [1.82, 2.24) is 9.88 Å².